The Morgan fingerprint density at radius 3 is 2.71 bits per heavy atom. The minimum atomic E-state index is -0.0318. The van der Waals surface area contributed by atoms with E-state index >= 15 is 0 Å². The van der Waals surface area contributed by atoms with E-state index in [0.29, 0.717) is 15.6 Å². The summed E-state index contributed by atoms with van der Waals surface area (Å²) in [5, 5.41) is 2.08. The van der Waals surface area contributed by atoms with Crippen molar-refractivity contribution >= 4 is 39.9 Å². The van der Waals surface area contributed by atoms with Crippen molar-refractivity contribution in [1.29, 1.82) is 0 Å². The first-order valence-corrected chi connectivity index (χ1v) is 7.34. The zero-order chi connectivity index (χ0) is 15.0. The van der Waals surface area contributed by atoms with Crippen LogP contribution in [0.15, 0.2) is 48.7 Å². The number of fused-ring (bicyclic) bond motifs is 1. The summed E-state index contributed by atoms with van der Waals surface area (Å²) in [6.07, 6.45) is 1.93. The first-order chi connectivity index (χ1) is 10.1. The van der Waals surface area contributed by atoms with E-state index in [2.05, 4.69) is 13.0 Å². The maximum atomic E-state index is 12.4. The summed E-state index contributed by atoms with van der Waals surface area (Å²) >= 11 is 12.0. The van der Waals surface area contributed by atoms with Crippen LogP contribution in [-0.4, -0.2) is 10.4 Å². The van der Waals surface area contributed by atoms with Crippen molar-refractivity contribution in [2.45, 2.75) is 13.5 Å². The van der Waals surface area contributed by atoms with Crippen molar-refractivity contribution in [2.75, 3.05) is 0 Å². The highest BCUT2D eigenvalue weighted by molar-refractivity contribution is 6.36. The van der Waals surface area contributed by atoms with Gasteiger partial charge in [0.05, 0.1) is 11.6 Å². The maximum absolute atomic E-state index is 12.4. The number of benzene rings is 2. The van der Waals surface area contributed by atoms with E-state index in [1.165, 1.54) is 5.56 Å². The Bertz CT molecular complexity index is 836. The van der Waals surface area contributed by atoms with Crippen molar-refractivity contribution in [1.82, 2.24) is 4.57 Å². The molecule has 0 amide bonds. The van der Waals surface area contributed by atoms with E-state index < -0.39 is 0 Å². The summed E-state index contributed by atoms with van der Waals surface area (Å²) in [6, 6.07) is 13.0. The fraction of sp³-hybridized carbons (Fsp3) is 0.118. The monoisotopic (exact) mass is 317 g/mol. The second-order valence-corrected chi connectivity index (χ2v) is 5.84. The van der Waals surface area contributed by atoms with E-state index in [1.807, 2.05) is 29.0 Å². The van der Waals surface area contributed by atoms with E-state index in [4.69, 9.17) is 23.2 Å². The van der Waals surface area contributed by atoms with E-state index in [0.717, 1.165) is 10.9 Å². The molecule has 2 aromatic carbocycles. The highest BCUT2D eigenvalue weighted by Crippen LogP contribution is 2.23. The van der Waals surface area contributed by atoms with Gasteiger partial charge in [0.2, 0.25) is 0 Å². The van der Waals surface area contributed by atoms with Crippen LogP contribution in [-0.2, 0) is 6.54 Å². The quantitative estimate of drug-likeness (QED) is 0.613. The lowest BCUT2D eigenvalue weighted by molar-refractivity contribution is 0.0974. The molecule has 106 valence electrons. The van der Waals surface area contributed by atoms with Crippen LogP contribution in [0.1, 0.15) is 15.9 Å². The van der Waals surface area contributed by atoms with Gasteiger partial charge in [-0.3, -0.25) is 4.79 Å². The number of nitrogens with zero attached hydrogens (tertiary/aromatic N) is 1. The summed E-state index contributed by atoms with van der Waals surface area (Å²) in [5.74, 6) is -0.0318. The van der Waals surface area contributed by atoms with Gasteiger partial charge in [-0.25, -0.2) is 0 Å². The first-order valence-electron chi connectivity index (χ1n) is 6.59. The molecule has 0 spiro atoms. The number of aromatic nitrogens is 1. The van der Waals surface area contributed by atoms with E-state index in [-0.39, 0.29) is 12.3 Å². The molecule has 0 saturated carbocycles. The molecule has 0 fully saturated rings. The maximum Gasteiger partial charge on any atom is 0.183 e. The van der Waals surface area contributed by atoms with Crippen molar-refractivity contribution in [2.24, 2.45) is 0 Å². The molecule has 0 aliphatic carbocycles. The van der Waals surface area contributed by atoms with Gasteiger partial charge in [0.1, 0.15) is 0 Å². The number of rotatable bonds is 3. The van der Waals surface area contributed by atoms with Crippen molar-refractivity contribution in [3.8, 4) is 0 Å². The number of ketones is 1. The Kier molecular flexibility index (Phi) is 3.75. The summed E-state index contributed by atoms with van der Waals surface area (Å²) < 4.78 is 1.94. The van der Waals surface area contributed by atoms with Crippen LogP contribution >= 0.6 is 23.2 Å². The number of hydrogen-bond acceptors (Lipinski definition) is 1. The fourth-order valence-corrected chi connectivity index (χ4v) is 2.98. The lowest BCUT2D eigenvalue weighted by Crippen LogP contribution is -2.10. The highest BCUT2D eigenvalue weighted by Gasteiger charge is 2.13. The number of hydrogen-bond donors (Lipinski definition) is 0. The van der Waals surface area contributed by atoms with Crippen LogP contribution < -0.4 is 0 Å². The van der Waals surface area contributed by atoms with Gasteiger partial charge in [0.25, 0.3) is 0 Å². The molecule has 0 bridgehead atoms. The standard InChI is InChI=1S/C17H13Cl2NO/c1-11-3-2-4-16-13(11)7-8-20(16)10-17(21)14-6-5-12(18)9-15(14)19/h2-9H,10H2,1H3. The Labute approximate surface area is 132 Å². The molecule has 0 aliphatic rings. The molecule has 0 saturated heterocycles. The fourth-order valence-electron chi connectivity index (χ4n) is 2.47. The van der Waals surface area contributed by atoms with Gasteiger partial charge in [0.15, 0.2) is 5.78 Å². The zero-order valence-corrected chi connectivity index (χ0v) is 12.9. The molecular formula is C17H13Cl2NO. The zero-order valence-electron chi connectivity index (χ0n) is 11.4. The largest absolute Gasteiger partial charge is 0.340 e. The molecule has 2 nitrogen and oxygen atoms in total. The van der Waals surface area contributed by atoms with E-state index in [9.17, 15) is 4.79 Å². The van der Waals surface area contributed by atoms with Gasteiger partial charge in [-0.1, -0.05) is 35.3 Å². The highest BCUT2D eigenvalue weighted by atomic mass is 35.5. The predicted octanol–water partition coefficient (Wildman–Crippen LogP) is 5.14. The SMILES string of the molecule is Cc1cccc2c1ccn2CC(=O)c1ccc(Cl)cc1Cl. The minimum Gasteiger partial charge on any atom is -0.340 e. The van der Waals surface area contributed by atoms with Gasteiger partial charge in [-0.2, -0.15) is 0 Å². The molecule has 1 aromatic heterocycles. The molecule has 0 aliphatic heterocycles. The molecular weight excluding hydrogens is 305 g/mol. The molecule has 0 atom stereocenters. The van der Waals surface area contributed by atoms with Crippen molar-refractivity contribution < 1.29 is 4.79 Å². The van der Waals surface area contributed by atoms with Gasteiger partial charge in [-0.05, 0) is 42.8 Å². The molecule has 21 heavy (non-hydrogen) atoms. The van der Waals surface area contributed by atoms with Crippen molar-refractivity contribution in [3.63, 3.8) is 0 Å². The molecule has 1 heterocycles. The van der Waals surface area contributed by atoms with Crippen LogP contribution in [0.2, 0.25) is 10.0 Å². The van der Waals surface area contributed by atoms with Gasteiger partial charge < -0.3 is 4.57 Å². The van der Waals surface area contributed by atoms with Gasteiger partial charge >= 0.3 is 0 Å². The molecule has 0 unspecified atom stereocenters. The third-order valence-electron chi connectivity index (χ3n) is 3.58. The average molecular weight is 318 g/mol. The van der Waals surface area contributed by atoms with Gasteiger partial charge in [0, 0.05) is 27.7 Å². The topological polar surface area (TPSA) is 22.0 Å². The number of carbonyl (C=O) groups is 1. The minimum absolute atomic E-state index is 0.0318. The molecule has 4 heteroatoms. The van der Waals surface area contributed by atoms with Crippen LogP contribution in [0.25, 0.3) is 10.9 Å². The lowest BCUT2D eigenvalue weighted by Gasteiger charge is -2.07. The molecule has 0 N–H and O–H groups in total. The third kappa shape index (κ3) is 2.69. The number of Topliss-reactive ketones (excluding diaryl/α,β-unsaturated/α-hetero) is 1. The van der Waals surface area contributed by atoms with Crippen LogP contribution in [0.4, 0.5) is 0 Å². The van der Waals surface area contributed by atoms with Crippen molar-refractivity contribution in [3.05, 3.63) is 69.8 Å². The second-order valence-electron chi connectivity index (χ2n) is 5.00. The second kappa shape index (κ2) is 5.55. The third-order valence-corrected chi connectivity index (χ3v) is 4.12. The number of halogens is 2. The molecule has 3 rings (SSSR count). The number of aryl methyl sites for hydroxylation is 1. The first kappa shape index (κ1) is 14.2. The number of carbonyl (C=O) groups excluding carboxylic acids is 1. The predicted molar refractivity (Wildman–Crippen MR) is 87.5 cm³/mol. The lowest BCUT2D eigenvalue weighted by atomic mass is 10.1. The van der Waals surface area contributed by atoms with Crippen LogP contribution in [0.5, 0.6) is 0 Å². The Morgan fingerprint density at radius 1 is 1.14 bits per heavy atom. The summed E-state index contributed by atoms with van der Waals surface area (Å²) in [7, 11) is 0. The van der Waals surface area contributed by atoms with E-state index in [1.54, 1.807) is 18.2 Å². The Hall–Kier alpha value is -1.77. The summed E-state index contributed by atoms with van der Waals surface area (Å²) in [5.41, 5.74) is 2.74. The smallest absolute Gasteiger partial charge is 0.183 e. The summed E-state index contributed by atoms with van der Waals surface area (Å²) in [4.78, 5) is 12.4. The Morgan fingerprint density at radius 2 is 1.95 bits per heavy atom. The Balaban J connectivity index is 1.95. The molecule has 3 aromatic rings. The average Bonchev–Trinajstić information content (AvgIpc) is 2.83. The van der Waals surface area contributed by atoms with Crippen LogP contribution in [0.3, 0.4) is 0 Å². The normalized spacial score (nSPS) is 11.0. The van der Waals surface area contributed by atoms with Gasteiger partial charge in [-0.15, -0.1) is 0 Å². The van der Waals surface area contributed by atoms with Crippen LogP contribution in [0, 0.1) is 6.92 Å². The summed E-state index contributed by atoms with van der Waals surface area (Å²) in [6.45, 7) is 2.32. The molecule has 0 radical (unpaired) electrons.